The number of nitrogens with zero attached hydrogens (tertiary/aromatic N) is 1. The van der Waals surface area contributed by atoms with Gasteiger partial charge >= 0.3 is 0 Å². The molecule has 1 aliphatic heterocycles. The molecule has 0 radical (unpaired) electrons. The summed E-state index contributed by atoms with van der Waals surface area (Å²) in [5.74, 6) is -0.274. The highest BCUT2D eigenvalue weighted by molar-refractivity contribution is 8.00. The van der Waals surface area contributed by atoms with E-state index in [1.54, 1.807) is 12.1 Å². The molecule has 0 aromatic heterocycles. The molecule has 1 saturated heterocycles. The molecule has 27 heavy (non-hydrogen) atoms. The minimum atomic E-state index is -0.351. The van der Waals surface area contributed by atoms with Crippen LogP contribution in [0.1, 0.15) is 17.2 Å². The standard InChI is InChI=1S/C21H26FN3OS/c22-18-7-9-19(10-8-18)27-20(17-5-2-1-3-6-17)21(26)24-11-4-14-25-15-12-23-13-16-25/h1-3,5-10,20,23H,4,11-16H2,(H,24,26). The zero-order valence-electron chi connectivity index (χ0n) is 15.4. The minimum Gasteiger partial charge on any atom is -0.355 e. The fourth-order valence-corrected chi connectivity index (χ4v) is 4.14. The average molecular weight is 388 g/mol. The molecule has 0 aliphatic carbocycles. The Hall–Kier alpha value is -1.89. The van der Waals surface area contributed by atoms with Gasteiger partial charge in [0.15, 0.2) is 0 Å². The van der Waals surface area contributed by atoms with E-state index >= 15 is 0 Å². The highest BCUT2D eigenvalue weighted by atomic mass is 32.2. The van der Waals surface area contributed by atoms with Gasteiger partial charge in [-0.3, -0.25) is 4.79 Å². The molecular formula is C21H26FN3OS. The number of nitrogens with one attached hydrogen (secondary N) is 2. The fraction of sp³-hybridized carbons (Fsp3) is 0.381. The number of rotatable bonds is 8. The number of benzene rings is 2. The number of carbonyl (C=O) groups is 1. The summed E-state index contributed by atoms with van der Waals surface area (Å²) >= 11 is 1.45. The maximum atomic E-state index is 13.2. The van der Waals surface area contributed by atoms with Crippen LogP contribution in [-0.4, -0.2) is 50.1 Å². The lowest BCUT2D eigenvalue weighted by atomic mass is 10.1. The van der Waals surface area contributed by atoms with Crippen molar-refractivity contribution in [2.75, 3.05) is 39.3 Å². The molecule has 1 amide bonds. The number of hydrogen-bond donors (Lipinski definition) is 2. The van der Waals surface area contributed by atoms with Crippen molar-refractivity contribution in [2.24, 2.45) is 0 Å². The van der Waals surface area contributed by atoms with Crippen LogP contribution in [0.4, 0.5) is 4.39 Å². The Kier molecular flexibility index (Phi) is 7.68. The first-order valence-electron chi connectivity index (χ1n) is 9.40. The normalized spacial score (nSPS) is 16.0. The SMILES string of the molecule is O=C(NCCCN1CCNCC1)C(Sc1ccc(F)cc1)c1ccccc1. The summed E-state index contributed by atoms with van der Waals surface area (Å²) in [6.45, 7) is 5.88. The number of hydrogen-bond acceptors (Lipinski definition) is 4. The molecule has 1 unspecified atom stereocenters. The number of carbonyl (C=O) groups excluding carboxylic acids is 1. The van der Waals surface area contributed by atoms with E-state index in [-0.39, 0.29) is 17.0 Å². The van der Waals surface area contributed by atoms with Crippen molar-refractivity contribution in [1.82, 2.24) is 15.5 Å². The molecule has 1 atom stereocenters. The molecule has 1 aliphatic rings. The van der Waals surface area contributed by atoms with Crippen LogP contribution in [-0.2, 0) is 4.79 Å². The van der Waals surface area contributed by atoms with Crippen molar-refractivity contribution in [3.63, 3.8) is 0 Å². The zero-order valence-corrected chi connectivity index (χ0v) is 16.2. The predicted molar refractivity (Wildman–Crippen MR) is 108 cm³/mol. The van der Waals surface area contributed by atoms with Crippen molar-refractivity contribution in [3.8, 4) is 0 Å². The summed E-state index contributed by atoms with van der Waals surface area (Å²) in [6.07, 6.45) is 0.939. The Bertz CT molecular complexity index is 705. The second-order valence-electron chi connectivity index (χ2n) is 6.60. The lowest BCUT2D eigenvalue weighted by Gasteiger charge is -2.27. The van der Waals surface area contributed by atoms with Crippen molar-refractivity contribution in [1.29, 1.82) is 0 Å². The minimum absolute atomic E-state index is 0.00386. The lowest BCUT2D eigenvalue weighted by Crippen LogP contribution is -2.44. The zero-order chi connectivity index (χ0) is 18.9. The van der Waals surface area contributed by atoms with Crippen LogP contribution in [0.3, 0.4) is 0 Å². The molecule has 0 saturated carbocycles. The number of piperazine rings is 1. The Labute approximate surface area is 164 Å². The third-order valence-electron chi connectivity index (χ3n) is 4.57. The highest BCUT2D eigenvalue weighted by Gasteiger charge is 2.21. The van der Waals surface area contributed by atoms with Gasteiger partial charge in [-0.2, -0.15) is 0 Å². The monoisotopic (exact) mass is 387 g/mol. The summed E-state index contributed by atoms with van der Waals surface area (Å²) in [7, 11) is 0. The molecular weight excluding hydrogens is 361 g/mol. The molecule has 1 fully saturated rings. The van der Waals surface area contributed by atoms with Crippen molar-refractivity contribution in [3.05, 3.63) is 66.0 Å². The summed E-state index contributed by atoms with van der Waals surface area (Å²) in [5.41, 5.74) is 0.950. The number of thioether (sulfide) groups is 1. The number of halogens is 1. The topological polar surface area (TPSA) is 44.4 Å². The van der Waals surface area contributed by atoms with Gasteiger partial charge in [-0.15, -0.1) is 11.8 Å². The Balaban J connectivity index is 1.56. The van der Waals surface area contributed by atoms with Crippen LogP contribution in [0.2, 0.25) is 0 Å². The van der Waals surface area contributed by atoms with Gasteiger partial charge in [-0.25, -0.2) is 4.39 Å². The molecule has 2 aromatic rings. The summed E-state index contributed by atoms with van der Waals surface area (Å²) in [4.78, 5) is 16.1. The van der Waals surface area contributed by atoms with Crippen LogP contribution in [0, 0.1) is 5.82 Å². The quantitative estimate of drug-likeness (QED) is 0.540. The molecule has 0 spiro atoms. The second kappa shape index (κ2) is 10.4. The number of amides is 1. The van der Waals surface area contributed by atoms with Gasteiger partial charge in [-0.05, 0) is 42.8 Å². The Morgan fingerprint density at radius 3 is 2.52 bits per heavy atom. The smallest absolute Gasteiger partial charge is 0.237 e. The molecule has 2 aromatic carbocycles. The first kappa shape index (κ1) is 19.9. The van der Waals surface area contributed by atoms with E-state index in [2.05, 4.69) is 15.5 Å². The molecule has 1 heterocycles. The Morgan fingerprint density at radius 1 is 1.11 bits per heavy atom. The van der Waals surface area contributed by atoms with Gasteiger partial charge in [0.25, 0.3) is 0 Å². The van der Waals surface area contributed by atoms with Crippen LogP contribution in [0.5, 0.6) is 0 Å². The van der Waals surface area contributed by atoms with Crippen molar-refractivity contribution in [2.45, 2.75) is 16.6 Å². The van der Waals surface area contributed by atoms with Crippen LogP contribution < -0.4 is 10.6 Å². The first-order valence-corrected chi connectivity index (χ1v) is 10.3. The summed E-state index contributed by atoms with van der Waals surface area (Å²) in [6, 6.07) is 16.0. The molecule has 6 heteroatoms. The molecule has 2 N–H and O–H groups in total. The van der Waals surface area contributed by atoms with E-state index < -0.39 is 0 Å². The van der Waals surface area contributed by atoms with Gasteiger partial charge in [0.1, 0.15) is 11.1 Å². The van der Waals surface area contributed by atoms with E-state index in [4.69, 9.17) is 0 Å². The van der Waals surface area contributed by atoms with E-state index in [1.807, 2.05) is 30.3 Å². The van der Waals surface area contributed by atoms with Gasteiger partial charge in [0.05, 0.1) is 0 Å². The van der Waals surface area contributed by atoms with Crippen molar-refractivity contribution < 1.29 is 9.18 Å². The van der Waals surface area contributed by atoms with E-state index in [1.165, 1.54) is 23.9 Å². The molecule has 3 rings (SSSR count). The largest absolute Gasteiger partial charge is 0.355 e. The van der Waals surface area contributed by atoms with Gasteiger partial charge in [-0.1, -0.05) is 30.3 Å². The molecule has 4 nitrogen and oxygen atoms in total. The van der Waals surface area contributed by atoms with Crippen molar-refractivity contribution >= 4 is 17.7 Å². The van der Waals surface area contributed by atoms with Crippen LogP contribution in [0.25, 0.3) is 0 Å². The molecule has 144 valence electrons. The third kappa shape index (κ3) is 6.34. The van der Waals surface area contributed by atoms with Crippen LogP contribution in [0.15, 0.2) is 59.5 Å². The Morgan fingerprint density at radius 2 is 1.81 bits per heavy atom. The van der Waals surface area contributed by atoms with Gasteiger partial charge in [0, 0.05) is 37.6 Å². The van der Waals surface area contributed by atoms with E-state index in [9.17, 15) is 9.18 Å². The average Bonchev–Trinajstić information content (AvgIpc) is 2.72. The van der Waals surface area contributed by atoms with E-state index in [0.29, 0.717) is 6.54 Å². The maximum Gasteiger partial charge on any atom is 0.237 e. The predicted octanol–water partition coefficient (Wildman–Crippen LogP) is 3.07. The summed E-state index contributed by atoms with van der Waals surface area (Å²) in [5, 5.41) is 6.07. The third-order valence-corrected chi connectivity index (χ3v) is 5.83. The highest BCUT2D eigenvalue weighted by Crippen LogP contribution is 2.35. The maximum absolute atomic E-state index is 13.2. The van der Waals surface area contributed by atoms with Gasteiger partial charge in [0.2, 0.25) is 5.91 Å². The summed E-state index contributed by atoms with van der Waals surface area (Å²) < 4.78 is 13.2. The van der Waals surface area contributed by atoms with E-state index in [0.717, 1.165) is 49.6 Å². The fourth-order valence-electron chi connectivity index (χ4n) is 3.09. The molecule has 0 bridgehead atoms. The lowest BCUT2D eigenvalue weighted by molar-refractivity contribution is -0.120. The van der Waals surface area contributed by atoms with Crippen LogP contribution >= 0.6 is 11.8 Å². The van der Waals surface area contributed by atoms with Gasteiger partial charge < -0.3 is 15.5 Å². The second-order valence-corrected chi connectivity index (χ2v) is 7.78. The first-order chi connectivity index (χ1) is 13.2.